The van der Waals surface area contributed by atoms with Crippen LogP contribution in [0.2, 0.25) is 0 Å². The van der Waals surface area contributed by atoms with Crippen LogP contribution in [0.15, 0.2) is 59.8 Å². The van der Waals surface area contributed by atoms with E-state index in [1.54, 1.807) is 12.1 Å². The van der Waals surface area contributed by atoms with E-state index < -0.39 is 49.7 Å². The second-order valence-electron chi connectivity index (χ2n) is 7.33. The SMILES string of the molecule is COc1ccc(CN(c2ncns2)S(=O)(=O)c2cc(F)c(Oc3cc(F)cc(F)c3)cc2F)c(OC)c1. The van der Waals surface area contributed by atoms with Crippen LogP contribution >= 0.6 is 11.5 Å². The Labute approximate surface area is 212 Å². The first-order valence-corrected chi connectivity index (χ1v) is 12.5. The molecule has 194 valence electrons. The first kappa shape index (κ1) is 26.2. The van der Waals surface area contributed by atoms with Crippen molar-refractivity contribution >= 4 is 26.7 Å². The molecule has 0 saturated heterocycles. The molecule has 0 amide bonds. The van der Waals surface area contributed by atoms with Gasteiger partial charge in [0, 0.05) is 53.5 Å². The maximum Gasteiger partial charge on any atom is 0.269 e. The highest BCUT2D eigenvalue weighted by Gasteiger charge is 2.32. The summed E-state index contributed by atoms with van der Waals surface area (Å²) in [4.78, 5) is 2.89. The lowest BCUT2D eigenvalue weighted by Crippen LogP contribution is -2.31. The molecule has 0 radical (unpaired) electrons. The van der Waals surface area contributed by atoms with Crippen molar-refractivity contribution in [1.29, 1.82) is 0 Å². The summed E-state index contributed by atoms with van der Waals surface area (Å²) in [5.41, 5.74) is 0.371. The van der Waals surface area contributed by atoms with E-state index in [1.165, 1.54) is 20.3 Å². The third kappa shape index (κ3) is 5.59. The molecule has 0 aliphatic rings. The quantitative estimate of drug-likeness (QED) is 0.259. The lowest BCUT2D eigenvalue weighted by molar-refractivity contribution is 0.391. The van der Waals surface area contributed by atoms with E-state index in [4.69, 9.17) is 14.2 Å². The minimum absolute atomic E-state index is 0.117. The predicted octanol–water partition coefficient (Wildman–Crippen LogP) is 5.30. The molecule has 0 unspecified atom stereocenters. The third-order valence-corrected chi connectivity index (χ3v) is 7.54. The molecule has 0 saturated carbocycles. The average Bonchev–Trinajstić information content (AvgIpc) is 3.38. The monoisotopic (exact) mass is 555 g/mol. The van der Waals surface area contributed by atoms with Crippen LogP contribution in [0, 0.1) is 23.3 Å². The molecule has 14 heteroatoms. The molecule has 0 N–H and O–H groups in total. The number of hydrogen-bond donors (Lipinski definition) is 0. The molecule has 0 bridgehead atoms. The maximum absolute atomic E-state index is 15.1. The van der Waals surface area contributed by atoms with Gasteiger partial charge in [0.1, 0.15) is 45.9 Å². The van der Waals surface area contributed by atoms with Crippen molar-refractivity contribution < 1.29 is 40.2 Å². The summed E-state index contributed by atoms with van der Waals surface area (Å²) in [5.74, 6) is -5.16. The molecule has 0 aliphatic carbocycles. The van der Waals surface area contributed by atoms with E-state index >= 15 is 4.39 Å². The number of anilines is 1. The van der Waals surface area contributed by atoms with Crippen LogP contribution in [-0.4, -0.2) is 32.0 Å². The van der Waals surface area contributed by atoms with Crippen molar-refractivity contribution in [3.8, 4) is 23.0 Å². The smallest absolute Gasteiger partial charge is 0.269 e. The number of nitrogens with zero attached hydrogens (tertiary/aromatic N) is 3. The first-order chi connectivity index (χ1) is 17.6. The van der Waals surface area contributed by atoms with Crippen molar-refractivity contribution in [3.63, 3.8) is 0 Å². The van der Waals surface area contributed by atoms with E-state index in [2.05, 4.69) is 9.36 Å². The summed E-state index contributed by atoms with van der Waals surface area (Å²) >= 11 is 0.719. The van der Waals surface area contributed by atoms with Crippen LogP contribution in [0.25, 0.3) is 0 Å². The number of halogens is 4. The average molecular weight is 556 g/mol. The van der Waals surface area contributed by atoms with Gasteiger partial charge in [0.15, 0.2) is 11.6 Å². The van der Waals surface area contributed by atoms with Crippen LogP contribution in [-0.2, 0) is 16.6 Å². The second-order valence-corrected chi connectivity index (χ2v) is 9.92. The van der Waals surface area contributed by atoms with Crippen molar-refractivity contribution in [1.82, 2.24) is 9.36 Å². The molecule has 0 aliphatic heterocycles. The Kier molecular flexibility index (Phi) is 7.50. The molecule has 8 nitrogen and oxygen atoms in total. The van der Waals surface area contributed by atoms with E-state index in [-0.39, 0.29) is 17.4 Å². The van der Waals surface area contributed by atoms with Crippen LogP contribution in [0.4, 0.5) is 22.7 Å². The summed E-state index contributed by atoms with van der Waals surface area (Å²) in [6.45, 7) is -0.368. The van der Waals surface area contributed by atoms with Crippen LogP contribution in [0.1, 0.15) is 5.56 Å². The van der Waals surface area contributed by atoms with E-state index in [9.17, 15) is 21.6 Å². The third-order valence-electron chi connectivity index (χ3n) is 4.99. The Morgan fingerprint density at radius 3 is 2.22 bits per heavy atom. The number of aromatic nitrogens is 2. The number of benzene rings is 3. The molecule has 0 fully saturated rings. The Morgan fingerprint density at radius 2 is 1.59 bits per heavy atom. The zero-order valence-electron chi connectivity index (χ0n) is 19.1. The summed E-state index contributed by atoms with van der Waals surface area (Å²) in [5, 5.41) is -0.117. The minimum Gasteiger partial charge on any atom is -0.497 e. The minimum atomic E-state index is -4.76. The first-order valence-electron chi connectivity index (χ1n) is 10.3. The van der Waals surface area contributed by atoms with Gasteiger partial charge in [-0.2, -0.15) is 4.37 Å². The Bertz CT molecular complexity index is 1520. The number of hydrogen-bond acceptors (Lipinski definition) is 8. The summed E-state index contributed by atoms with van der Waals surface area (Å²) in [6, 6.07) is 7.61. The van der Waals surface area contributed by atoms with Gasteiger partial charge in [-0.05, 0) is 12.1 Å². The molecular formula is C23H17F4N3O5S2. The highest BCUT2D eigenvalue weighted by atomic mass is 32.2. The van der Waals surface area contributed by atoms with Gasteiger partial charge in [-0.3, -0.25) is 0 Å². The van der Waals surface area contributed by atoms with Gasteiger partial charge in [-0.1, -0.05) is 0 Å². The Balaban J connectivity index is 1.73. The summed E-state index contributed by atoms with van der Waals surface area (Å²) < 4.78 is 104. The summed E-state index contributed by atoms with van der Waals surface area (Å²) in [6.07, 6.45) is 1.11. The largest absolute Gasteiger partial charge is 0.497 e. The van der Waals surface area contributed by atoms with Gasteiger partial charge < -0.3 is 14.2 Å². The lowest BCUT2D eigenvalue weighted by Gasteiger charge is -2.23. The predicted molar refractivity (Wildman–Crippen MR) is 126 cm³/mol. The molecule has 4 aromatic rings. The van der Waals surface area contributed by atoms with Gasteiger partial charge in [0.2, 0.25) is 5.13 Å². The molecule has 0 atom stereocenters. The highest BCUT2D eigenvalue weighted by Crippen LogP contribution is 2.35. The van der Waals surface area contributed by atoms with Crippen LogP contribution in [0.3, 0.4) is 0 Å². The van der Waals surface area contributed by atoms with E-state index in [0.717, 1.165) is 34.3 Å². The van der Waals surface area contributed by atoms with Gasteiger partial charge in [-0.15, -0.1) is 0 Å². The van der Waals surface area contributed by atoms with Crippen molar-refractivity contribution in [3.05, 3.63) is 83.7 Å². The van der Waals surface area contributed by atoms with Gasteiger partial charge >= 0.3 is 0 Å². The number of methoxy groups -OCH3 is 2. The molecule has 0 spiro atoms. The molecule has 37 heavy (non-hydrogen) atoms. The second kappa shape index (κ2) is 10.6. The number of ether oxygens (including phenoxy) is 3. The van der Waals surface area contributed by atoms with E-state index in [0.29, 0.717) is 29.5 Å². The van der Waals surface area contributed by atoms with Gasteiger partial charge in [0.05, 0.1) is 20.8 Å². The van der Waals surface area contributed by atoms with E-state index in [1.807, 2.05) is 0 Å². The Hall–Kier alpha value is -3.91. The Morgan fingerprint density at radius 1 is 0.865 bits per heavy atom. The van der Waals surface area contributed by atoms with Gasteiger partial charge in [-0.25, -0.2) is 35.3 Å². The fourth-order valence-electron chi connectivity index (χ4n) is 3.29. The van der Waals surface area contributed by atoms with Crippen LogP contribution in [0.5, 0.6) is 23.0 Å². The maximum atomic E-state index is 15.1. The lowest BCUT2D eigenvalue weighted by atomic mass is 10.2. The molecule has 1 heterocycles. The number of sulfonamides is 1. The number of rotatable bonds is 9. The van der Waals surface area contributed by atoms with Gasteiger partial charge in [0.25, 0.3) is 10.0 Å². The molecule has 4 rings (SSSR count). The summed E-state index contributed by atoms with van der Waals surface area (Å²) in [7, 11) is -1.93. The standard InChI is InChI=1S/C23H17F4N3O5S2/c1-33-16-4-3-13(20(8-16)34-2)11-30(23-28-12-29-36-23)37(31,32)22-10-18(26)21(9-19(22)27)35-17-6-14(24)5-15(25)7-17/h3-10,12H,11H2,1-2H3. The highest BCUT2D eigenvalue weighted by molar-refractivity contribution is 7.93. The normalized spacial score (nSPS) is 11.3. The van der Waals surface area contributed by atoms with Crippen LogP contribution < -0.4 is 18.5 Å². The molecular weight excluding hydrogens is 538 g/mol. The topological polar surface area (TPSA) is 90.9 Å². The molecule has 1 aromatic heterocycles. The zero-order valence-corrected chi connectivity index (χ0v) is 20.7. The van der Waals surface area contributed by atoms with Crippen molar-refractivity contribution in [2.75, 3.05) is 18.5 Å². The van der Waals surface area contributed by atoms with Crippen molar-refractivity contribution in [2.24, 2.45) is 0 Å². The van der Waals surface area contributed by atoms with Crippen molar-refractivity contribution in [2.45, 2.75) is 11.4 Å². The fraction of sp³-hybridized carbons (Fsp3) is 0.130. The fourth-order valence-corrected chi connectivity index (χ4v) is 5.48. The zero-order chi connectivity index (χ0) is 26.7. The molecule has 3 aromatic carbocycles.